The maximum Gasteiger partial charge on any atom is 0.289 e. The Morgan fingerprint density at radius 1 is 1.00 bits per heavy atom. The number of amides is 3. The third kappa shape index (κ3) is 5.41. The van der Waals surface area contributed by atoms with E-state index in [0.717, 1.165) is 39.1 Å². The van der Waals surface area contributed by atoms with E-state index in [1.54, 1.807) is 17.0 Å². The van der Waals surface area contributed by atoms with Crippen molar-refractivity contribution in [2.24, 2.45) is 5.92 Å². The summed E-state index contributed by atoms with van der Waals surface area (Å²) < 4.78 is 5.20. The fourth-order valence-corrected chi connectivity index (χ4v) is 4.36. The molecule has 8 nitrogen and oxygen atoms in total. The molecule has 0 saturated carbocycles. The minimum absolute atomic E-state index is 0.0329. The minimum Gasteiger partial charge on any atom is -0.459 e. The van der Waals surface area contributed by atoms with Crippen molar-refractivity contribution in [3.05, 3.63) is 24.2 Å². The van der Waals surface area contributed by atoms with Gasteiger partial charge in [-0.1, -0.05) is 0 Å². The van der Waals surface area contributed by atoms with Gasteiger partial charge in [0, 0.05) is 58.3 Å². The molecule has 2 fully saturated rings. The third-order valence-corrected chi connectivity index (χ3v) is 6.24. The molecule has 0 aliphatic carbocycles. The van der Waals surface area contributed by atoms with Gasteiger partial charge in [-0.2, -0.15) is 0 Å². The lowest BCUT2D eigenvalue weighted by molar-refractivity contribution is -0.136. The van der Waals surface area contributed by atoms with Gasteiger partial charge in [0.15, 0.2) is 5.76 Å². The topological polar surface area (TPSA) is 77.3 Å². The van der Waals surface area contributed by atoms with Crippen molar-refractivity contribution >= 4 is 17.7 Å². The highest BCUT2D eigenvalue weighted by atomic mass is 16.3. The van der Waals surface area contributed by atoms with Crippen LogP contribution in [-0.4, -0.2) is 96.2 Å². The van der Waals surface area contributed by atoms with Gasteiger partial charge in [-0.3, -0.25) is 19.3 Å². The molecule has 166 valence electrons. The molecule has 1 aromatic rings. The van der Waals surface area contributed by atoms with Crippen LogP contribution in [0.15, 0.2) is 22.8 Å². The maximum atomic E-state index is 13.1. The van der Waals surface area contributed by atoms with Crippen LogP contribution in [0.5, 0.6) is 0 Å². The van der Waals surface area contributed by atoms with E-state index in [-0.39, 0.29) is 23.6 Å². The van der Waals surface area contributed by atoms with Crippen molar-refractivity contribution in [3.8, 4) is 0 Å². The van der Waals surface area contributed by atoms with Gasteiger partial charge < -0.3 is 19.1 Å². The van der Waals surface area contributed by atoms with Crippen LogP contribution < -0.4 is 0 Å². The van der Waals surface area contributed by atoms with E-state index in [9.17, 15) is 14.4 Å². The van der Waals surface area contributed by atoms with E-state index in [4.69, 9.17) is 4.42 Å². The Balaban J connectivity index is 1.46. The summed E-state index contributed by atoms with van der Waals surface area (Å²) in [5.74, 6) is 0.570. The highest BCUT2D eigenvalue weighted by Gasteiger charge is 2.32. The van der Waals surface area contributed by atoms with Gasteiger partial charge in [-0.05, 0) is 45.2 Å². The number of likely N-dealkylation sites (N-methyl/N-ethyl adjacent to an activating group) is 1. The molecule has 2 aliphatic rings. The van der Waals surface area contributed by atoms with E-state index >= 15 is 0 Å². The number of likely N-dealkylation sites (tertiary alicyclic amines) is 1. The monoisotopic (exact) mass is 418 g/mol. The lowest BCUT2D eigenvalue weighted by atomic mass is 9.95. The second-order valence-corrected chi connectivity index (χ2v) is 8.06. The van der Waals surface area contributed by atoms with Gasteiger partial charge in [-0.25, -0.2) is 0 Å². The maximum absolute atomic E-state index is 13.1. The van der Waals surface area contributed by atoms with Crippen LogP contribution >= 0.6 is 0 Å². The van der Waals surface area contributed by atoms with Crippen LogP contribution in [0, 0.1) is 5.92 Å². The summed E-state index contributed by atoms with van der Waals surface area (Å²) in [6, 6.07) is 3.38. The van der Waals surface area contributed by atoms with Crippen molar-refractivity contribution in [2.75, 3.05) is 58.9 Å². The molecule has 0 atom stereocenters. The van der Waals surface area contributed by atoms with Crippen LogP contribution in [-0.2, 0) is 9.59 Å². The zero-order chi connectivity index (χ0) is 21.5. The summed E-state index contributed by atoms with van der Waals surface area (Å²) in [6.07, 6.45) is 3.76. The Hall–Kier alpha value is -2.35. The lowest BCUT2D eigenvalue weighted by Gasteiger charge is -2.33. The molecule has 0 N–H and O–H groups in total. The first-order chi connectivity index (χ1) is 14.5. The molecule has 0 spiro atoms. The quantitative estimate of drug-likeness (QED) is 0.700. The number of furan rings is 1. The zero-order valence-electron chi connectivity index (χ0n) is 18.2. The molecule has 30 heavy (non-hydrogen) atoms. The van der Waals surface area contributed by atoms with Crippen molar-refractivity contribution in [1.82, 2.24) is 19.6 Å². The fraction of sp³-hybridized carbons (Fsp3) is 0.682. The van der Waals surface area contributed by atoms with Crippen molar-refractivity contribution in [3.63, 3.8) is 0 Å². The number of hydrogen-bond acceptors (Lipinski definition) is 5. The Morgan fingerprint density at radius 2 is 1.73 bits per heavy atom. The zero-order valence-corrected chi connectivity index (χ0v) is 18.2. The van der Waals surface area contributed by atoms with Gasteiger partial charge in [-0.15, -0.1) is 0 Å². The van der Waals surface area contributed by atoms with Crippen LogP contribution in [0.25, 0.3) is 0 Å². The molecular weight excluding hydrogens is 384 g/mol. The number of rotatable bonds is 6. The van der Waals surface area contributed by atoms with E-state index < -0.39 is 0 Å². The molecule has 1 aromatic heterocycles. The van der Waals surface area contributed by atoms with Crippen molar-refractivity contribution in [2.45, 2.75) is 33.1 Å². The highest BCUT2D eigenvalue weighted by Crippen LogP contribution is 2.22. The molecule has 8 heteroatoms. The summed E-state index contributed by atoms with van der Waals surface area (Å²) in [5, 5.41) is 0. The normalized spacial score (nSPS) is 18.9. The Labute approximate surface area is 178 Å². The van der Waals surface area contributed by atoms with E-state index in [1.165, 1.54) is 6.26 Å². The van der Waals surface area contributed by atoms with Crippen molar-refractivity contribution < 1.29 is 18.8 Å². The highest BCUT2D eigenvalue weighted by molar-refractivity contribution is 5.91. The van der Waals surface area contributed by atoms with Crippen molar-refractivity contribution in [1.29, 1.82) is 0 Å². The molecule has 2 aliphatic heterocycles. The average molecular weight is 419 g/mol. The smallest absolute Gasteiger partial charge is 0.289 e. The molecule has 3 rings (SSSR count). The average Bonchev–Trinajstić information content (AvgIpc) is 3.21. The lowest BCUT2D eigenvalue weighted by Crippen LogP contribution is -2.45. The standard InChI is InChI=1S/C22H34N4O4/c1-3-24(4-2)20(27)17-23-10-6-11-25(15-14-23)21(28)18-8-12-26(13-9-18)22(29)19-7-5-16-30-19/h5,7,16,18H,3-4,6,8-15,17H2,1-2H3. The van der Waals surface area contributed by atoms with Gasteiger partial charge in [0.1, 0.15) is 0 Å². The first-order valence-electron chi connectivity index (χ1n) is 11.1. The van der Waals surface area contributed by atoms with E-state index in [2.05, 4.69) is 4.90 Å². The number of piperidine rings is 1. The van der Waals surface area contributed by atoms with Crippen LogP contribution in [0.1, 0.15) is 43.7 Å². The Morgan fingerprint density at radius 3 is 2.37 bits per heavy atom. The SMILES string of the molecule is CCN(CC)C(=O)CN1CCCN(C(=O)C2CCN(C(=O)c3ccco3)CC2)CC1. The third-order valence-electron chi connectivity index (χ3n) is 6.24. The predicted octanol–water partition coefficient (Wildman–Crippen LogP) is 1.53. The van der Waals surface area contributed by atoms with Crippen LogP contribution in [0.2, 0.25) is 0 Å². The second-order valence-electron chi connectivity index (χ2n) is 8.06. The Bertz CT molecular complexity index is 709. The summed E-state index contributed by atoms with van der Waals surface area (Å²) in [4.78, 5) is 45.6. The van der Waals surface area contributed by atoms with Crippen LogP contribution in [0.3, 0.4) is 0 Å². The first-order valence-corrected chi connectivity index (χ1v) is 11.1. The molecule has 0 aromatic carbocycles. The molecular formula is C22H34N4O4. The summed E-state index contributed by atoms with van der Waals surface area (Å²) in [6.45, 7) is 10.0. The molecule has 0 bridgehead atoms. The van der Waals surface area contributed by atoms with Crippen LogP contribution in [0.4, 0.5) is 0 Å². The number of hydrogen-bond donors (Lipinski definition) is 0. The van der Waals surface area contributed by atoms with Gasteiger partial charge in [0.05, 0.1) is 12.8 Å². The fourth-order valence-electron chi connectivity index (χ4n) is 4.36. The molecule has 3 heterocycles. The van der Waals surface area contributed by atoms with E-state index in [1.807, 2.05) is 23.6 Å². The molecule has 3 amide bonds. The summed E-state index contributed by atoms with van der Waals surface area (Å²) >= 11 is 0. The van der Waals surface area contributed by atoms with E-state index in [0.29, 0.717) is 44.8 Å². The van der Waals surface area contributed by atoms with Gasteiger partial charge in [0.25, 0.3) is 5.91 Å². The van der Waals surface area contributed by atoms with Gasteiger partial charge >= 0.3 is 0 Å². The van der Waals surface area contributed by atoms with Gasteiger partial charge in [0.2, 0.25) is 11.8 Å². The Kier molecular flexibility index (Phi) is 7.90. The molecule has 2 saturated heterocycles. The number of carbonyl (C=O) groups is 3. The first kappa shape index (κ1) is 22.3. The summed E-state index contributed by atoms with van der Waals surface area (Å²) in [7, 11) is 0. The molecule has 0 radical (unpaired) electrons. The summed E-state index contributed by atoms with van der Waals surface area (Å²) in [5.41, 5.74) is 0. The number of carbonyl (C=O) groups excluding carboxylic acids is 3. The molecule has 0 unspecified atom stereocenters. The predicted molar refractivity (Wildman–Crippen MR) is 113 cm³/mol. The second kappa shape index (κ2) is 10.6. The minimum atomic E-state index is -0.103. The number of nitrogens with zero attached hydrogens (tertiary/aromatic N) is 4. The largest absolute Gasteiger partial charge is 0.459 e.